The second-order valence-corrected chi connectivity index (χ2v) is 4.76. The van der Waals surface area contributed by atoms with Crippen LogP contribution in [0.1, 0.15) is 13.8 Å². The molecule has 0 aliphatic heterocycles. The molecule has 1 N–H and O–H groups in total. The lowest BCUT2D eigenvalue weighted by atomic mass is 10.5. The van der Waals surface area contributed by atoms with Gasteiger partial charge < -0.3 is 10.1 Å². The SMILES string of the molecule is CC(C)OCCNc1nc2c(Br)cccn2n1. The van der Waals surface area contributed by atoms with E-state index in [1.165, 1.54) is 0 Å². The van der Waals surface area contributed by atoms with Crippen molar-refractivity contribution in [1.29, 1.82) is 0 Å². The molecular weight excluding hydrogens is 284 g/mol. The molecule has 0 radical (unpaired) electrons. The highest BCUT2D eigenvalue weighted by atomic mass is 79.9. The summed E-state index contributed by atoms with van der Waals surface area (Å²) in [4.78, 5) is 4.37. The topological polar surface area (TPSA) is 51.5 Å². The molecule has 0 fully saturated rings. The molecule has 0 aliphatic rings. The number of halogens is 1. The van der Waals surface area contributed by atoms with Gasteiger partial charge in [-0.05, 0) is 41.9 Å². The van der Waals surface area contributed by atoms with Gasteiger partial charge >= 0.3 is 0 Å². The van der Waals surface area contributed by atoms with E-state index in [4.69, 9.17) is 4.74 Å². The summed E-state index contributed by atoms with van der Waals surface area (Å²) in [6, 6.07) is 3.85. The normalized spacial score (nSPS) is 11.3. The highest BCUT2D eigenvalue weighted by molar-refractivity contribution is 9.10. The maximum Gasteiger partial charge on any atom is 0.243 e. The summed E-state index contributed by atoms with van der Waals surface area (Å²) in [7, 11) is 0. The van der Waals surface area contributed by atoms with Crippen molar-refractivity contribution >= 4 is 27.5 Å². The third-order valence-corrected chi connectivity index (χ3v) is 2.77. The quantitative estimate of drug-likeness (QED) is 0.861. The zero-order valence-corrected chi connectivity index (χ0v) is 11.4. The fraction of sp³-hybridized carbons (Fsp3) is 0.455. The Balaban J connectivity index is 1.98. The van der Waals surface area contributed by atoms with E-state index in [1.54, 1.807) is 4.52 Å². The van der Waals surface area contributed by atoms with E-state index in [1.807, 2.05) is 32.2 Å². The van der Waals surface area contributed by atoms with E-state index >= 15 is 0 Å². The number of aromatic nitrogens is 3. The Morgan fingerprint density at radius 1 is 1.53 bits per heavy atom. The minimum atomic E-state index is 0.250. The zero-order chi connectivity index (χ0) is 12.3. The lowest BCUT2D eigenvalue weighted by molar-refractivity contribution is 0.0870. The van der Waals surface area contributed by atoms with E-state index in [2.05, 4.69) is 31.3 Å². The third kappa shape index (κ3) is 3.17. The van der Waals surface area contributed by atoms with Gasteiger partial charge in [0.05, 0.1) is 17.2 Å². The monoisotopic (exact) mass is 298 g/mol. The summed E-state index contributed by atoms with van der Waals surface area (Å²) < 4.78 is 8.09. The first-order chi connectivity index (χ1) is 8.16. The number of rotatable bonds is 5. The first-order valence-electron chi connectivity index (χ1n) is 5.53. The van der Waals surface area contributed by atoms with E-state index in [-0.39, 0.29) is 6.10 Å². The zero-order valence-electron chi connectivity index (χ0n) is 9.85. The van der Waals surface area contributed by atoms with Crippen molar-refractivity contribution in [2.75, 3.05) is 18.5 Å². The van der Waals surface area contributed by atoms with Gasteiger partial charge in [-0.1, -0.05) is 0 Å². The predicted octanol–water partition coefficient (Wildman–Crippen LogP) is 2.33. The largest absolute Gasteiger partial charge is 0.377 e. The highest BCUT2D eigenvalue weighted by Crippen LogP contribution is 2.16. The number of hydrogen-bond donors (Lipinski definition) is 1. The molecule has 5 nitrogen and oxygen atoms in total. The van der Waals surface area contributed by atoms with Crippen LogP contribution in [0.15, 0.2) is 22.8 Å². The standard InChI is InChI=1S/C11H15BrN4O/c1-8(2)17-7-5-13-11-14-10-9(12)4-3-6-16(10)15-11/h3-4,6,8H,5,7H2,1-2H3,(H,13,15). The fourth-order valence-electron chi connectivity index (χ4n) is 1.41. The van der Waals surface area contributed by atoms with Crippen molar-refractivity contribution in [2.45, 2.75) is 20.0 Å². The van der Waals surface area contributed by atoms with E-state index in [0.29, 0.717) is 19.1 Å². The van der Waals surface area contributed by atoms with Crippen LogP contribution in [0.4, 0.5) is 5.95 Å². The Kier molecular flexibility index (Phi) is 3.96. The van der Waals surface area contributed by atoms with Crippen LogP contribution in [0.3, 0.4) is 0 Å². The third-order valence-electron chi connectivity index (χ3n) is 2.15. The van der Waals surface area contributed by atoms with E-state index in [9.17, 15) is 0 Å². The van der Waals surface area contributed by atoms with Crippen LogP contribution in [0.2, 0.25) is 0 Å². The molecule has 2 rings (SSSR count). The van der Waals surface area contributed by atoms with E-state index in [0.717, 1.165) is 10.1 Å². The van der Waals surface area contributed by atoms with Crippen LogP contribution in [-0.4, -0.2) is 33.9 Å². The number of anilines is 1. The predicted molar refractivity (Wildman–Crippen MR) is 70.3 cm³/mol. The molecule has 2 aromatic rings. The van der Waals surface area contributed by atoms with Gasteiger partial charge in [-0.15, -0.1) is 5.10 Å². The summed E-state index contributed by atoms with van der Waals surface area (Å²) >= 11 is 3.44. The number of pyridine rings is 1. The molecule has 0 saturated carbocycles. The van der Waals surface area contributed by atoms with Crippen molar-refractivity contribution in [1.82, 2.24) is 14.6 Å². The lowest BCUT2D eigenvalue weighted by Crippen LogP contribution is -2.13. The Hall–Kier alpha value is -1.14. The first kappa shape index (κ1) is 12.3. The second-order valence-electron chi connectivity index (χ2n) is 3.91. The van der Waals surface area contributed by atoms with Gasteiger partial charge in [-0.25, -0.2) is 4.52 Å². The van der Waals surface area contributed by atoms with Gasteiger partial charge in [0, 0.05) is 12.7 Å². The van der Waals surface area contributed by atoms with Crippen molar-refractivity contribution in [2.24, 2.45) is 0 Å². The molecule has 0 bridgehead atoms. The number of nitrogens with one attached hydrogen (secondary N) is 1. The molecule has 2 aromatic heterocycles. The molecule has 6 heteroatoms. The molecule has 2 heterocycles. The van der Waals surface area contributed by atoms with Gasteiger partial charge in [0.2, 0.25) is 5.95 Å². The molecule has 0 aliphatic carbocycles. The Morgan fingerprint density at radius 2 is 2.35 bits per heavy atom. The average molecular weight is 299 g/mol. The van der Waals surface area contributed by atoms with Gasteiger partial charge in [0.25, 0.3) is 0 Å². The maximum absolute atomic E-state index is 5.43. The number of ether oxygens (including phenoxy) is 1. The molecule has 0 spiro atoms. The number of hydrogen-bond acceptors (Lipinski definition) is 4. The van der Waals surface area contributed by atoms with Crippen LogP contribution < -0.4 is 5.32 Å². The van der Waals surface area contributed by atoms with Crippen molar-refractivity contribution in [3.05, 3.63) is 22.8 Å². The van der Waals surface area contributed by atoms with Gasteiger partial charge in [0.1, 0.15) is 0 Å². The maximum atomic E-state index is 5.43. The van der Waals surface area contributed by atoms with Crippen LogP contribution in [-0.2, 0) is 4.74 Å². The van der Waals surface area contributed by atoms with Crippen molar-refractivity contribution < 1.29 is 4.74 Å². The molecule has 0 atom stereocenters. The summed E-state index contributed by atoms with van der Waals surface area (Å²) in [5.41, 5.74) is 0.805. The number of fused-ring (bicyclic) bond motifs is 1. The molecule has 0 saturated heterocycles. The molecule has 0 aromatic carbocycles. The Labute approximate surface area is 108 Å². The smallest absolute Gasteiger partial charge is 0.243 e. The summed E-state index contributed by atoms with van der Waals surface area (Å²) in [5, 5.41) is 7.43. The fourth-order valence-corrected chi connectivity index (χ4v) is 1.83. The van der Waals surface area contributed by atoms with Crippen molar-refractivity contribution in [3.8, 4) is 0 Å². The molecule has 0 unspecified atom stereocenters. The first-order valence-corrected chi connectivity index (χ1v) is 6.32. The number of nitrogens with zero attached hydrogens (tertiary/aromatic N) is 3. The molecule has 92 valence electrons. The average Bonchev–Trinajstić information content (AvgIpc) is 2.69. The van der Waals surface area contributed by atoms with Crippen LogP contribution in [0.5, 0.6) is 0 Å². The van der Waals surface area contributed by atoms with Gasteiger partial charge in [-0.3, -0.25) is 0 Å². The van der Waals surface area contributed by atoms with Crippen LogP contribution in [0, 0.1) is 0 Å². The molecular formula is C11H15BrN4O. The second kappa shape index (κ2) is 5.46. The van der Waals surface area contributed by atoms with E-state index < -0.39 is 0 Å². The Morgan fingerprint density at radius 3 is 3.06 bits per heavy atom. The summed E-state index contributed by atoms with van der Waals surface area (Å²) in [5.74, 6) is 0.615. The summed E-state index contributed by atoms with van der Waals surface area (Å²) in [6.07, 6.45) is 2.11. The molecule has 17 heavy (non-hydrogen) atoms. The minimum Gasteiger partial charge on any atom is -0.377 e. The lowest BCUT2D eigenvalue weighted by Gasteiger charge is -2.06. The van der Waals surface area contributed by atoms with Gasteiger partial charge in [-0.2, -0.15) is 4.98 Å². The van der Waals surface area contributed by atoms with Crippen LogP contribution in [0.25, 0.3) is 5.65 Å². The van der Waals surface area contributed by atoms with Gasteiger partial charge in [0.15, 0.2) is 5.65 Å². The molecule has 0 amide bonds. The Bertz CT molecular complexity index is 497. The highest BCUT2D eigenvalue weighted by Gasteiger charge is 2.05. The minimum absolute atomic E-state index is 0.250. The summed E-state index contributed by atoms with van der Waals surface area (Å²) in [6.45, 7) is 5.38. The van der Waals surface area contributed by atoms with Crippen LogP contribution >= 0.6 is 15.9 Å². The van der Waals surface area contributed by atoms with Crippen molar-refractivity contribution in [3.63, 3.8) is 0 Å².